The van der Waals surface area contributed by atoms with E-state index in [4.69, 9.17) is 9.47 Å². The number of carbonyl (C=O) groups is 1. The summed E-state index contributed by atoms with van der Waals surface area (Å²) in [5.74, 6) is -0.209. The molecule has 0 aromatic carbocycles. The van der Waals surface area contributed by atoms with Crippen molar-refractivity contribution in [3.63, 3.8) is 0 Å². The molecular formula is C16H30O3. The van der Waals surface area contributed by atoms with Crippen LogP contribution in [0.4, 0.5) is 0 Å². The Kier molecular flexibility index (Phi) is 10.6. The number of rotatable bonds is 10. The van der Waals surface area contributed by atoms with E-state index in [9.17, 15) is 4.79 Å². The predicted octanol–water partition coefficient (Wildman–Crippen LogP) is 4.26. The van der Waals surface area contributed by atoms with Gasteiger partial charge < -0.3 is 9.47 Å². The summed E-state index contributed by atoms with van der Waals surface area (Å²) in [6, 6.07) is 0. The number of esters is 1. The number of ether oxygens (including phenoxy) is 2. The van der Waals surface area contributed by atoms with Crippen LogP contribution in [0.25, 0.3) is 0 Å². The zero-order chi connectivity index (χ0) is 14.7. The summed E-state index contributed by atoms with van der Waals surface area (Å²) in [5, 5.41) is 0. The maximum Gasteiger partial charge on any atom is 0.336 e. The number of unbranched alkanes of at least 4 members (excludes halogenated alkanes) is 2. The molecule has 0 bridgehead atoms. The van der Waals surface area contributed by atoms with Gasteiger partial charge in [-0.2, -0.15) is 0 Å². The van der Waals surface area contributed by atoms with Gasteiger partial charge in [0, 0.05) is 7.11 Å². The van der Waals surface area contributed by atoms with Gasteiger partial charge in [0.05, 0.1) is 18.3 Å². The second kappa shape index (κ2) is 11.0. The molecule has 19 heavy (non-hydrogen) atoms. The molecule has 0 amide bonds. The highest BCUT2D eigenvalue weighted by molar-refractivity contribution is 5.89. The van der Waals surface area contributed by atoms with Crippen molar-refractivity contribution in [2.24, 2.45) is 0 Å². The van der Waals surface area contributed by atoms with E-state index in [1.165, 1.54) is 5.57 Å². The molecule has 0 saturated heterocycles. The van der Waals surface area contributed by atoms with Crippen molar-refractivity contribution in [1.29, 1.82) is 0 Å². The predicted molar refractivity (Wildman–Crippen MR) is 79.2 cm³/mol. The van der Waals surface area contributed by atoms with Crippen molar-refractivity contribution < 1.29 is 14.3 Å². The van der Waals surface area contributed by atoms with Gasteiger partial charge in [0.1, 0.15) is 0 Å². The molecule has 0 N–H and O–H groups in total. The summed E-state index contributed by atoms with van der Waals surface area (Å²) in [6.45, 7) is 8.44. The molecule has 0 aromatic heterocycles. The summed E-state index contributed by atoms with van der Waals surface area (Å²) >= 11 is 0. The SMILES string of the molecule is CCCCC(CCCC)=C(COC)C(=O)OC(C)C. The van der Waals surface area contributed by atoms with Crippen LogP contribution in [-0.4, -0.2) is 25.8 Å². The molecule has 0 heterocycles. The quantitative estimate of drug-likeness (QED) is 0.439. The topological polar surface area (TPSA) is 35.5 Å². The lowest BCUT2D eigenvalue weighted by Crippen LogP contribution is -2.18. The Morgan fingerprint density at radius 2 is 1.58 bits per heavy atom. The fourth-order valence-electron chi connectivity index (χ4n) is 1.94. The molecule has 0 fully saturated rings. The van der Waals surface area contributed by atoms with Crippen LogP contribution in [0.2, 0.25) is 0 Å². The summed E-state index contributed by atoms with van der Waals surface area (Å²) in [5.41, 5.74) is 1.95. The third-order valence-electron chi connectivity index (χ3n) is 2.97. The van der Waals surface area contributed by atoms with E-state index in [2.05, 4.69) is 13.8 Å². The number of hydrogen-bond donors (Lipinski definition) is 0. The first kappa shape index (κ1) is 18.2. The van der Waals surface area contributed by atoms with Gasteiger partial charge in [0.25, 0.3) is 0 Å². The van der Waals surface area contributed by atoms with E-state index in [0.717, 1.165) is 44.1 Å². The summed E-state index contributed by atoms with van der Waals surface area (Å²) in [4.78, 5) is 12.2. The molecular weight excluding hydrogens is 240 g/mol. The number of hydrogen-bond acceptors (Lipinski definition) is 3. The largest absolute Gasteiger partial charge is 0.460 e. The standard InChI is InChI=1S/C16H30O3/c1-6-8-10-14(11-9-7-2)15(12-18-5)16(17)19-13(3)4/h13H,6-12H2,1-5H3. The van der Waals surface area contributed by atoms with Crippen LogP contribution >= 0.6 is 0 Å². The van der Waals surface area contributed by atoms with E-state index in [0.29, 0.717) is 6.61 Å². The summed E-state index contributed by atoms with van der Waals surface area (Å²) in [6.07, 6.45) is 6.36. The van der Waals surface area contributed by atoms with Gasteiger partial charge in [0.2, 0.25) is 0 Å². The second-order valence-corrected chi connectivity index (χ2v) is 5.18. The lowest BCUT2D eigenvalue weighted by Gasteiger charge is -2.16. The van der Waals surface area contributed by atoms with E-state index in [-0.39, 0.29) is 12.1 Å². The van der Waals surface area contributed by atoms with Crippen LogP contribution in [0.15, 0.2) is 11.1 Å². The maximum absolute atomic E-state index is 12.2. The Morgan fingerprint density at radius 1 is 1.05 bits per heavy atom. The highest BCUT2D eigenvalue weighted by atomic mass is 16.5. The van der Waals surface area contributed by atoms with Crippen molar-refractivity contribution in [3.8, 4) is 0 Å². The lowest BCUT2D eigenvalue weighted by molar-refractivity contribution is -0.143. The Morgan fingerprint density at radius 3 is 1.95 bits per heavy atom. The molecule has 0 unspecified atom stereocenters. The third kappa shape index (κ3) is 8.04. The zero-order valence-electron chi connectivity index (χ0n) is 13.3. The van der Waals surface area contributed by atoms with Crippen molar-refractivity contribution in [2.45, 2.75) is 72.3 Å². The van der Waals surface area contributed by atoms with Gasteiger partial charge in [-0.05, 0) is 39.5 Å². The van der Waals surface area contributed by atoms with Crippen LogP contribution < -0.4 is 0 Å². The second-order valence-electron chi connectivity index (χ2n) is 5.18. The van der Waals surface area contributed by atoms with E-state index in [1.54, 1.807) is 7.11 Å². The number of methoxy groups -OCH3 is 1. The first-order chi connectivity index (χ1) is 9.06. The van der Waals surface area contributed by atoms with Crippen LogP contribution in [0.5, 0.6) is 0 Å². The molecule has 0 aliphatic rings. The monoisotopic (exact) mass is 270 g/mol. The van der Waals surface area contributed by atoms with Gasteiger partial charge >= 0.3 is 5.97 Å². The molecule has 0 aromatic rings. The fourth-order valence-corrected chi connectivity index (χ4v) is 1.94. The Labute approximate surface area is 118 Å². The highest BCUT2D eigenvalue weighted by Crippen LogP contribution is 2.21. The average molecular weight is 270 g/mol. The van der Waals surface area contributed by atoms with Crippen molar-refractivity contribution >= 4 is 5.97 Å². The molecule has 3 nitrogen and oxygen atoms in total. The van der Waals surface area contributed by atoms with Gasteiger partial charge in [-0.3, -0.25) is 0 Å². The van der Waals surface area contributed by atoms with Crippen molar-refractivity contribution in [2.75, 3.05) is 13.7 Å². The highest BCUT2D eigenvalue weighted by Gasteiger charge is 2.17. The minimum Gasteiger partial charge on any atom is -0.460 e. The fraction of sp³-hybridized carbons (Fsp3) is 0.812. The smallest absolute Gasteiger partial charge is 0.336 e. The van der Waals surface area contributed by atoms with Crippen LogP contribution in [0.1, 0.15) is 66.2 Å². The third-order valence-corrected chi connectivity index (χ3v) is 2.97. The molecule has 0 rings (SSSR count). The van der Waals surface area contributed by atoms with Gasteiger partial charge in [-0.1, -0.05) is 32.3 Å². The molecule has 0 aliphatic heterocycles. The van der Waals surface area contributed by atoms with Crippen LogP contribution in [-0.2, 0) is 14.3 Å². The average Bonchev–Trinajstić information content (AvgIpc) is 2.36. The maximum atomic E-state index is 12.2. The minimum absolute atomic E-state index is 0.0852. The molecule has 0 atom stereocenters. The number of allylic oxidation sites excluding steroid dienone is 1. The lowest BCUT2D eigenvalue weighted by atomic mass is 9.97. The van der Waals surface area contributed by atoms with Gasteiger partial charge in [-0.15, -0.1) is 0 Å². The first-order valence-electron chi connectivity index (χ1n) is 7.47. The van der Waals surface area contributed by atoms with Crippen molar-refractivity contribution in [3.05, 3.63) is 11.1 Å². The first-order valence-corrected chi connectivity index (χ1v) is 7.47. The molecule has 0 spiro atoms. The van der Waals surface area contributed by atoms with Gasteiger partial charge in [0.15, 0.2) is 0 Å². The zero-order valence-corrected chi connectivity index (χ0v) is 13.3. The molecule has 0 aliphatic carbocycles. The molecule has 0 radical (unpaired) electrons. The van der Waals surface area contributed by atoms with Crippen LogP contribution in [0.3, 0.4) is 0 Å². The van der Waals surface area contributed by atoms with E-state index >= 15 is 0 Å². The Hall–Kier alpha value is -0.830. The van der Waals surface area contributed by atoms with Gasteiger partial charge in [-0.25, -0.2) is 4.79 Å². The Bertz CT molecular complexity index is 270. The minimum atomic E-state index is -0.209. The molecule has 3 heteroatoms. The van der Waals surface area contributed by atoms with E-state index < -0.39 is 0 Å². The van der Waals surface area contributed by atoms with E-state index in [1.807, 2.05) is 13.8 Å². The normalized spacial score (nSPS) is 10.6. The molecule has 112 valence electrons. The number of carbonyl (C=O) groups excluding carboxylic acids is 1. The summed E-state index contributed by atoms with van der Waals surface area (Å²) in [7, 11) is 1.62. The Balaban J connectivity index is 5.00. The summed E-state index contributed by atoms with van der Waals surface area (Å²) < 4.78 is 10.5. The van der Waals surface area contributed by atoms with Crippen LogP contribution in [0, 0.1) is 0 Å². The molecule has 0 saturated carbocycles. The van der Waals surface area contributed by atoms with Crippen molar-refractivity contribution in [1.82, 2.24) is 0 Å².